The van der Waals surface area contributed by atoms with Gasteiger partial charge in [0, 0.05) is 12.8 Å². The molecule has 364 valence electrons. The first-order chi connectivity index (χ1) is 29.9. The molecular formula is C52H99N2O7P. The summed E-state index contributed by atoms with van der Waals surface area (Å²) in [5.41, 5.74) is 0. The minimum atomic E-state index is -4.69. The smallest absolute Gasteiger partial charge is 0.306 e. The Bertz CT molecular complexity index is 1170. The lowest BCUT2D eigenvalue weighted by Gasteiger charge is -2.30. The maximum Gasteiger partial charge on any atom is 0.306 e. The van der Waals surface area contributed by atoms with Crippen molar-refractivity contribution in [2.24, 2.45) is 0 Å². The highest BCUT2D eigenvalue weighted by molar-refractivity contribution is 7.45. The first kappa shape index (κ1) is 60.2. The van der Waals surface area contributed by atoms with E-state index in [9.17, 15) is 19.0 Å². The summed E-state index contributed by atoms with van der Waals surface area (Å²) in [4.78, 5) is 39.6. The minimum Gasteiger partial charge on any atom is -0.756 e. The van der Waals surface area contributed by atoms with Crippen molar-refractivity contribution in [3.63, 3.8) is 0 Å². The fourth-order valence-electron chi connectivity index (χ4n) is 7.20. The molecule has 0 aliphatic carbocycles. The van der Waals surface area contributed by atoms with Gasteiger partial charge in [-0.15, -0.1) is 0 Å². The number of amides is 1. The molecular weight excluding hydrogens is 796 g/mol. The van der Waals surface area contributed by atoms with E-state index >= 15 is 0 Å². The van der Waals surface area contributed by atoms with E-state index in [-0.39, 0.29) is 24.9 Å². The summed E-state index contributed by atoms with van der Waals surface area (Å²) >= 11 is 0. The Morgan fingerprint density at radius 2 is 0.952 bits per heavy atom. The number of phosphoric ester groups is 1. The molecule has 0 rings (SSSR count). The number of nitrogens with one attached hydrogen (secondary N) is 1. The number of allylic oxidation sites excluding steroid dienone is 5. The number of hydrogen-bond acceptors (Lipinski definition) is 7. The van der Waals surface area contributed by atoms with Crippen LogP contribution in [0.2, 0.25) is 0 Å². The van der Waals surface area contributed by atoms with Gasteiger partial charge in [-0.25, -0.2) is 0 Å². The number of carbonyl (C=O) groups is 2. The summed E-state index contributed by atoms with van der Waals surface area (Å²) in [6, 6.07) is -0.894. The maximum absolute atomic E-state index is 13.4. The lowest BCUT2D eigenvalue weighted by atomic mass is 10.0. The Hall–Kier alpha value is -1.77. The summed E-state index contributed by atoms with van der Waals surface area (Å²) in [7, 11) is 1.17. The van der Waals surface area contributed by atoms with Crippen molar-refractivity contribution in [3.05, 3.63) is 36.5 Å². The van der Waals surface area contributed by atoms with E-state index in [1.165, 1.54) is 103 Å². The summed E-state index contributed by atoms with van der Waals surface area (Å²) in [6.07, 6.45) is 48.2. The Kier molecular flexibility index (Phi) is 41.9. The molecule has 9 nitrogen and oxygen atoms in total. The normalized spacial score (nSPS) is 14.2. The number of ether oxygens (including phenoxy) is 1. The summed E-state index contributed by atoms with van der Waals surface area (Å²) < 4.78 is 30.1. The molecule has 0 bridgehead atoms. The van der Waals surface area contributed by atoms with Gasteiger partial charge in [0.1, 0.15) is 19.3 Å². The third-order valence-electron chi connectivity index (χ3n) is 11.3. The molecule has 0 saturated heterocycles. The third kappa shape index (κ3) is 43.5. The molecule has 62 heavy (non-hydrogen) atoms. The van der Waals surface area contributed by atoms with Crippen molar-refractivity contribution in [3.8, 4) is 0 Å². The highest BCUT2D eigenvalue weighted by Gasteiger charge is 2.27. The average Bonchev–Trinajstić information content (AvgIpc) is 3.22. The molecule has 0 aromatic heterocycles. The standard InChI is InChI=1S/C52H99N2O7P/c1-7-10-13-16-19-22-25-27-30-32-35-38-41-44-51(55)53-49(48-60-62(57,58)59-47-46-54(4,5)6)50(43-40-37-34-31-29-26-23-20-17-14-11-8-2)61-52(56)45-42-39-36-33-28-24-21-18-15-12-9-3/h18,21,27,30,40,43,49-50H,7-17,19-20,22-26,28-29,31-39,41-42,44-48H2,1-6H3,(H-,53,55,57,58)/b21-18-,30-27-,43-40+. The quantitative estimate of drug-likeness (QED) is 0.0213. The molecule has 0 aliphatic rings. The van der Waals surface area contributed by atoms with Gasteiger partial charge >= 0.3 is 5.97 Å². The maximum atomic E-state index is 13.4. The van der Waals surface area contributed by atoms with Crippen LogP contribution in [0.4, 0.5) is 0 Å². The predicted molar refractivity (Wildman–Crippen MR) is 261 cm³/mol. The van der Waals surface area contributed by atoms with Crippen molar-refractivity contribution in [2.75, 3.05) is 40.9 Å². The number of phosphoric acid groups is 1. The van der Waals surface area contributed by atoms with Crippen LogP contribution in [-0.4, -0.2) is 69.4 Å². The van der Waals surface area contributed by atoms with Crippen molar-refractivity contribution in [1.29, 1.82) is 0 Å². The van der Waals surface area contributed by atoms with Crippen molar-refractivity contribution in [2.45, 2.75) is 245 Å². The van der Waals surface area contributed by atoms with E-state index in [1.54, 1.807) is 0 Å². The monoisotopic (exact) mass is 895 g/mol. The van der Waals surface area contributed by atoms with Crippen LogP contribution in [-0.2, 0) is 27.9 Å². The second-order valence-electron chi connectivity index (χ2n) is 18.7. The van der Waals surface area contributed by atoms with Crippen LogP contribution in [0.1, 0.15) is 233 Å². The number of unbranched alkanes of at least 4 members (excludes halogenated alkanes) is 26. The molecule has 0 radical (unpaired) electrons. The van der Waals surface area contributed by atoms with Crippen LogP contribution in [0.15, 0.2) is 36.5 Å². The molecule has 0 aliphatic heterocycles. The number of likely N-dealkylation sites (N-methyl/N-ethyl adjacent to an activating group) is 1. The number of quaternary nitrogens is 1. The molecule has 0 heterocycles. The number of esters is 1. The fraction of sp³-hybridized carbons (Fsp3) is 0.846. The fourth-order valence-corrected chi connectivity index (χ4v) is 7.92. The molecule has 1 N–H and O–H groups in total. The Morgan fingerprint density at radius 3 is 1.44 bits per heavy atom. The number of carbonyl (C=O) groups excluding carboxylic acids is 2. The number of hydrogen-bond donors (Lipinski definition) is 1. The van der Waals surface area contributed by atoms with Crippen molar-refractivity contribution in [1.82, 2.24) is 5.32 Å². The van der Waals surface area contributed by atoms with Gasteiger partial charge in [-0.3, -0.25) is 14.2 Å². The van der Waals surface area contributed by atoms with Crippen molar-refractivity contribution >= 4 is 19.7 Å². The van der Waals surface area contributed by atoms with Gasteiger partial charge in [0.2, 0.25) is 5.91 Å². The van der Waals surface area contributed by atoms with Crippen LogP contribution in [0.3, 0.4) is 0 Å². The van der Waals surface area contributed by atoms with E-state index in [1.807, 2.05) is 33.3 Å². The number of nitrogens with zero attached hydrogens (tertiary/aromatic N) is 1. The molecule has 0 saturated carbocycles. The Balaban J connectivity index is 5.48. The van der Waals surface area contributed by atoms with Crippen LogP contribution >= 0.6 is 7.82 Å². The Labute approximate surface area is 383 Å². The predicted octanol–water partition coefficient (Wildman–Crippen LogP) is 14.2. The van der Waals surface area contributed by atoms with E-state index in [0.717, 1.165) is 89.9 Å². The number of rotatable bonds is 46. The lowest BCUT2D eigenvalue weighted by Crippen LogP contribution is -2.47. The van der Waals surface area contributed by atoms with Crippen LogP contribution in [0.25, 0.3) is 0 Å². The van der Waals surface area contributed by atoms with Crippen molar-refractivity contribution < 1.29 is 37.3 Å². The molecule has 0 aromatic rings. The second-order valence-corrected chi connectivity index (χ2v) is 20.1. The first-order valence-electron chi connectivity index (χ1n) is 25.8. The van der Waals surface area contributed by atoms with Crippen LogP contribution in [0.5, 0.6) is 0 Å². The van der Waals surface area contributed by atoms with Gasteiger partial charge in [0.25, 0.3) is 7.82 Å². The van der Waals surface area contributed by atoms with Gasteiger partial charge in [-0.2, -0.15) is 0 Å². The van der Waals surface area contributed by atoms with Crippen LogP contribution in [0, 0.1) is 0 Å². The summed E-state index contributed by atoms with van der Waals surface area (Å²) in [6.45, 7) is 6.76. The van der Waals surface area contributed by atoms with Gasteiger partial charge in [-0.05, 0) is 76.7 Å². The van der Waals surface area contributed by atoms with Gasteiger partial charge in [0.05, 0.1) is 33.8 Å². The Morgan fingerprint density at radius 1 is 0.548 bits per heavy atom. The first-order valence-corrected chi connectivity index (χ1v) is 27.3. The lowest BCUT2D eigenvalue weighted by molar-refractivity contribution is -0.870. The molecule has 0 spiro atoms. The van der Waals surface area contributed by atoms with Gasteiger partial charge in [0.15, 0.2) is 0 Å². The molecule has 10 heteroatoms. The average molecular weight is 895 g/mol. The van der Waals surface area contributed by atoms with E-state index < -0.39 is 26.6 Å². The van der Waals surface area contributed by atoms with Crippen LogP contribution < -0.4 is 10.2 Å². The molecule has 1 amide bonds. The summed E-state index contributed by atoms with van der Waals surface area (Å²) in [5, 5.41) is 2.99. The zero-order chi connectivity index (χ0) is 45.8. The van der Waals surface area contributed by atoms with E-state index in [4.69, 9.17) is 13.8 Å². The van der Waals surface area contributed by atoms with E-state index in [2.05, 4.69) is 50.4 Å². The van der Waals surface area contributed by atoms with E-state index in [0.29, 0.717) is 23.9 Å². The highest BCUT2D eigenvalue weighted by Crippen LogP contribution is 2.38. The molecule has 3 unspecified atom stereocenters. The van der Waals surface area contributed by atoms with Gasteiger partial charge < -0.3 is 28.5 Å². The molecule has 0 fully saturated rings. The third-order valence-corrected chi connectivity index (χ3v) is 12.3. The highest BCUT2D eigenvalue weighted by atomic mass is 31.2. The SMILES string of the molecule is CCCC/C=C\CCCCCCCC(=O)OC(/C=C/CCCCCCCCCCCC)C(COP(=O)([O-])OCC[N+](C)(C)C)NC(=O)CCCCC/C=C\CCCCCCCC. The molecule has 3 atom stereocenters. The van der Waals surface area contributed by atoms with Gasteiger partial charge in [-0.1, -0.05) is 180 Å². The largest absolute Gasteiger partial charge is 0.756 e. The molecule has 0 aromatic carbocycles. The zero-order valence-corrected chi connectivity index (χ0v) is 42.2. The summed E-state index contributed by atoms with van der Waals surface area (Å²) in [5.74, 6) is -0.570. The minimum absolute atomic E-state index is 0.0254. The zero-order valence-electron chi connectivity index (χ0n) is 41.3. The second kappa shape index (κ2) is 43.1. The topological polar surface area (TPSA) is 114 Å².